The zero-order chi connectivity index (χ0) is 12.0. The van der Waals surface area contributed by atoms with E-state index in [1.165, 1.54) is 18.2 Å². The van der Waals surface area contributed by atoms with Gasteiger partial charge in [-0.25, -0.2) is 4.39 Å². The van der Waals surface area contributed by atoms with Crippen LogP contribution in [0.3, 0.4) is 0 Å². The van der Waals surface area contributed by atoms with Gasteiger partial charge in [-0.15, -0.1) is 12.3 Å². The van der Waals surface area contributed by atoms with Gasteiger partial charge in [0.15, 0.2) is 0 Å². The number of rotatable bonds is 4. The third kappa shape index (κ3) is 3.28. The molecule has 0 fully saturated rings. The molecular weight excluding hydrogens is 207 g/mol. The molecule has 0 radical (unpaired) electrons. The van der Waals surface area contributed by atoms with E-state index in [2.05, 4.69) is 11.2 Å². The molecule has 0 aliphatic heterocycles. The molecular formula is C12H13FN2O. The molecule has 1 amide bonds. The van der Waals surface area contributed by atoms with Crippen LogP contribution in [0.15, 0.2) is 18.2 Å². The largest absolute Gasteiger partial charge is 0.399 e. The van der Waals surface area contributed by atoms with Crippen molar-refractivity contribution in [2.75, 3.05) is 12.3 Å². The lowest BCUT2D eigenvalue weighted by molar-refractivity contribution is 0.0949. The molecule has 0 spiro atoms. The van der Waals surface area contributed by atoms with E-state index in [-0.39, 0.29) is 5.56 Å². The standard InChI is InChI=1S/C12H13FN2O/c1-2-3-4-7-15-12(16)10-8-9(14)5-6-11(10)13/h1,5-6,8H,3-4,7,14H2,(H,15,16). The van der Waals surface area contributed by atoms with Gasteiger partial charge < -0.3 is 11.1 Å². The van der Waals surface area contributed by atoms with Crippen LogP contribution in [-0.4, -0.2) is 12.5 Å². The maximum atomic E-state index is 13.2. The van der Waals surface area contributed by atoms with Gasteiger partial charge in [0.25, 0.3) is 5.91 Å². The van der Waals surface area contributed by atoms with Crippen molar-refractivity contribution in [1.82, 2.24) is 5.32 Å². The predicted octanol–water partition coefficient (Wildman–Crippen LogP) is 1.55. The van der Waals surface area contributed by atoms with Crippen molar-refractivity contribution in [2.45, 2.75) is 12.8 Å². The zero-order valence-electron chi connectivity index (χ0n) is 8.79. The molecule has 84 valence electrons. The van der Waals surface area contributed by atoms with Crippen LogP contribution in [0.1, 0.15) is 23.2 Å². The van der Waals surface area contributed by atoms with Crippen LogP contribution in [-0.2, 0) is 0 Å². The van der Waals surface area contributed by atoms with E-state index in [9.17, 15) is 9.18 Å². The summed E-state index contributed by atoms with van der Waals surface area (Å²) in [7, 11) is 0. The van der Waals surface area contributed by atoms with Gasteiger partial charge in [0.2, 0.25) is 0 Å². The Hall–Kier alpha value is -2.02. The Labute approximate surface area is 93.8 Å². The van der Waals surface area contributed by atoms with Crippen molar-refractivity contribution >= 4 is 11.6 Å². The molecule has 16 heavy (non-hydrogen) atoms. The van der Waals surface area contributed by atoms with E-state index < -0.39 is 11.7 Å². The summed E-state index contributed by atoms with van der Waals surface area (Å²) in [6.07, 6.45) is 6.32. The van der Waals surface area contributed by atoms with E-state index in [0.717, 1.165) is 0 Å². The Balaban J connectivity index is 2.59. The van der Waals surface area contributed by atoms with Crippen LogP contribution in [0.4, 0.5) is 10.1 Å². The average molecular weight is 220 g/mol. The van der Waals surface area contributed by atoms with Gasteiger partial charge in [-0.05, 0) is 24.6 Å². The normalized spacial score (nSPS) is 9.50. The monoisotopic (exact) mass is 220 g/mol. The molecule has 0 atom stereocenters. The molecule has 0 aliphatic rings. The SMILES string of the molecule is C#CCCCNC(=O)c1cc(N)ccc1F. The number of unbranched alkanes of at least 4 members (excludes halogenated alkanes) is 1. The van der Waals surface area contributed by atoms with Crippen molar-refractivity contribution in [1.29, 1.82) is 0 Å². The Morgan fingerprint density at radius 3 is 3.00 bits per heavy atom. The second-order valence-electron chi connectivity index (χ2n) is 3.30. The fourth-order valence-corrected chi connectivity index (χ4v) is 1.20. The lowest BCUT2D eigenvalue weighted by Gasteiger charge is -2.05. The number of nitrogen functional groups attached to an aromatic ring is 1. The second-order valence-corrected chi connectivity index (χ2v) is 3.30. The Kier molecular flexibility index (Phi) is 4.34. The summed E-state index contributed by atoms with van der Waals surface area (Å²) in [4.78, 5) is 11.5. The van der Waals surface area contributed by atoms with E-state index >= 15 is 0 Å². The first kappa shape index (κ1) is 12.1. The van der Waals surface area contributed by atoms with Gasteiger partial charge in [0.05, 0.1) is 5.56 Å². The zero-order valence-corrected chi connectivity index (χ0v) is 8.79. The number of nitrogens with two attached hydrogens (primary N) is 1. The summed E-state index contributed by atoms with van der Waals surface area (Å²) in [5.41, 5.74) is 5.78. The smallest absolute Gasteiger partial charge is 0.254 e. The average Bonchev–Trinajstić information content (AvgIpc) is 2.27. The summed E-state index contributed by atoms with van der Waals surface area (Å²) >= 11 is 0. The summed E-state index contributed by atoms with van der Waals surface area (Å²) in [5.74, 6) is 1.41. The Morgan fingerprint density at radius 1 is 1.56 bits per heavy atom. The van der Waals surface area contributed by atoms with Gasteiger partial charge in [0, 0.05) is 18.7 Å². The van der Waals surface area contributed by atoms with Crippen molar-refractivity contribution < 1.29 is 9.18 Å². The van der Waals surface area contributed by atoms with E-state index in [4.69, 9.17) is 12.2 Å². The van der Waals surface area contributed by atoms with Crippen LogP contribution in [0.5, 0.6) is 0 Å². The highest BCUT2D eigenvalue weighted by atomic mass is 19.1. The lowest BCUT2D eigenvalue weighted by atomic mass is 10.1. The summed E-state index contributed by atoms with van der Waals surface area (Å²) < 4.78 is 13.2. The molecule has 0 unspecified atom stereocenters. The number of terminal acetylenes is 1. The molecule has 0 heterocycles. The Morgan fingerprint density at radius 2 is 2.31 bits per heavy atom. The van der Waals surface area contributed by atoms with Gasteiger partial charge in [-0.1, -0.05) is 0 Å². The van der Waals surface area contributed by atoms with E-state index in [0.29, 0.717) is 25.1 Å². The Bertz CT molecular complexity index is 424. The van der Waals surface area contributed by atoms with Crippen LogP contribution < -0.4 is 11.1 Å². The number of carbonyl (C=O) groups is 1. The van der Waals surface area contributed by atoms with E-state index in [1.807, 2.05) is 0 Å². The summed E-state index contributed by atoms with van der Waals surface area (Å²) in [6.45, 7) is 0.428. The van der Waals surface area contributed by atoms with Gasteiger partial charge in [0.1, 0.15) is 5.82 Å². The number of anilines is 1. The van der Waals surface area contributed by atoms with Gasteiger partial charge >= 0.3 is 0 Å². The molecule has 1 aromatic rings. The summed E-state index contributed by atoms with van der Waals surface area (Å²) in [5, 5.41) is 2.57. The minimum atomic E-state index is -0.580. The maximum absolute atomic E-state index is 13.2. The first-order valence-corrected chi connectivity index (χ1v) is 4.92. The number of hydrogen-bond donors (Lipinski definition) is 2. The second kappa shape index (κ2) is 5.76. The highest BCUT2D eigenvalue weighted by Crippen LogP contribution is 2.11. The minimum Gasteiger partial charge on any atom is -0.399 e. The van der Waals surface area contributed by atoms with Crippen molar-refractivity contribution in [3.63, 3.8) is 0 Å². The van der Waals surface area contributed by atoms with E-state index in [1.54, 1.807) is 0 Å². The van der Waals surface area contributed by atoms with Gasteiger partial charge in [-0.3, -0.25) is 4.79 Å². The number of halogens is 1. The lowest BCUT2D eigenvalue weighted by Crippen LogP contribution is -2.25. The van der Waals surface area contributed by atoms with Crippen molar-refractivity contribution in [3.8, 4) is 12.3 Å². The molecule has 0 saturated carbocycles. The van der Waals surface area contributed by atoms with Crippen LogP contribution in [0.25, 0.3) is 0 Å². The minimum absolute atomic E-state index is 0.0410. The van der Waals surface area contributed by atoms with Crippen LogP contribution in [0, 0.1) is 18.2 Å². The topological polar surface area (TPSA) is 55.1 Å². The number of amides is 1. The maximum Gasteiger partial charge on any atom is 0.254 e. The quantitative estimate of drug-likeness (QED) is 0.459. The fourth-order valence-electron chi connectivity index (χ4n) is 1.20. The number of benzene rings is 1. The predicted molar refractivity (Wildman–Crippen MR) is 61.2 cm³/mol. The highest BCUT2D eigenvalue weighted by molar-refractivity contribution is 5.95. The van der Waals surface area contributed by atoms with Gasteiger partial charge in [-0.2, -0.15) is 0 Å². The molecule has 1 aromatic carbocycles. The summed E-state index contributed by atoms with van der Waals surface area (Å²) in [6, 6.07) is 3.89. The molecule has 3 N–H and O–H groups in total. The molecule has 0 aliphatic carbocycles. The molecule has 4 heteroatoms. The number of nitrogens with one attached hydrogen (secondary N) is 1. The van der Waals surface area contributed by atoms with Crippen LogP contribution in [0.2, 0.25) is 0 Å². The molecule has 3 nitrogen and oxygen atoms in total. The fraction of sp³-hybridized carbons (Fsp3) is 0.250. The van der Waals surface area contributed by atoms with Crippen molar-refractivity contribution in [2.24, 2.45) is 0 Å². The number of hydrogen-bond acceptors (Lipinski definition) is 2. The highest BCUT2D eigenvalue weighted by Gasteiger charge is 2.10. The van der Waals surface area contributed by atoms with Crippen LogP contribution >= 0.6 is 0 Å². The molecule has 1 rings (SSSR count). The molecule has 0 saturated heterocycles. The third-order valence-corrected chi connectivity index (χ3v) is 2.02. The molecule has 0 aromatic heterocycles. The number of carbonyl (C=O) groups excluding carboxylic acids is 1. The van der Waals surface area contributed by atoms with Crippen molar-refractivity contribution in [3.05, 3.63) is 29.6 Å². The molecule has 0 bridgehead atoms. The third-order valence-electron chi connectivity index (χ3n) is 2.02. The first-order chi connectivity index (χ1) is 7.65. The first-order valence-electron chi connectivity index (χ1n) is 4.92.